The molecule has 1 aromatic heterocycles. The molecule has 0 N–H and O–H groups in total. The summed E-state index contributed by atoms with van der Waals surface area (Å²) in [5, 5.41) is 0. The largest absolute Gasteiger partial charge is 0.459 e. The number of carbonyl (C=O) groups excluding carboxylic acids is 2. The van der Waals surface area contributed by atoms with Crippen LogP contribution in [0.25, 0.3) is 0 Å². The average molecular weight is 324 g/mol. The van der Waals surface area contributed by atoms with Crippen molar-refractivity contribution in [1.29, 1.82) is 0 Å². The molecule has 0 atom stereocenters. The van der Waals surface area contributed by atoms with Crippen molar-refractivity contribution in [3.8, 4) is 0 Å². The fourth-order valence-corrected chi connectivity index (χ4v) is 2.98. The molecular formula is C20H22NO3+. The molecule has 124 valence electrons. The lowest BCUT2D eigenvalue weighted by molar-refractivity contribution is -0.683. The van der Waals surface area contributed by atoms with Crippen molar-refractivity contribution in [3.05, 3.63) is 66.0 Å². The zero-order chi connectivity index (χ0) is 16.8. The summed E-state index contributed by atoms with van der Waals surface area (Å²) in [6.07, 6.45) is 8.97. The Bertz CT molecular complexity index is 689. The molecule has 4 nitrogen and oxygen atoms in total. The molecule has 1 aliphatic rings. The monoisotopic (exact) mass is 324 g/mol. The van der Waals surface area contributed by atoms with Crippen LogP contribution in [0.2, 0.25) is 0 Å². The van der Waals surface area contributed by atoms with Crippen molar-refractivity contribution in [2.45, 2.75) is 44.8 Å². The number of Topliss-reactive ketones (excluding diaryl/α,β-unsaturated/α-hetero) is 1. The van der Waals surface area contributed by atoms with Gasteiger partial charge in [-0.25, -0.2) is 4.79 Å². The first-order valence-corrected chi connectivity index (χ1v) is 8.51. The van der Waals surface area contributed by atoms with Crippen molar-refractivity contribution in [1.82, 2.24) is 0 Å². The molecule has 1 aliphatic carbocycles. The summed E-state index contributed by atoms with van der Waals surface area (Å²) in [5.41, 5.74) is 1.22. The Labute approximate surface area is 142 Å². The molecule has 0 unspecified atom stereocenters. The Morgan fingerprint density at radius 3 is 2.25 bits per heavy atom. The summed E-state index contributed by atoms with van der Waals surface area (Å²) in [7, 11) is 0. The zero-order valence-electron chi connectivity index (χ0n) is 13.7. The van der Waals surface area contributed by atoms with Crippen LogP contribution in [0.1, 0.15) is 52.8 Å². The van der Waals surface area contributed by atoms with Crippen molar-refractivity contribution in [3.63, 3.8) is 0 Å². The molecule has 0 amide bonds. The molecule has 0 bridgehead atoms. The summed E-state index contributed by atoms with van der Waals surface area (Å²) in [6, 6.07) is 12.6. The Morgan fingerprint density at radius 1 is 0.917 bits per heavy atom. The number of carbonyl (C=O) groups is 2. The van der Waals surface area contributed by atoms with E-state index >= 15 is 0 Å². The van der Waals surface area contributed by atoms with E-state index in [1.165, 1.54) is 6.42 Å². The van der Waals surface area contributed by atoms with Crippen LogP contribution in [-0.2, 0) is 11.3 Å². The number of ketones is 1. The maximum Gasteiger partial charge on any atom is 0.338 e. The third-order valence-electron chi connectivity index (χ3n) is 4.37. The van der Waals surface area contributed by atoms with Crippen molar-refractivity contribution in [2.75, 3.05) is 0 Å². The molecule has 0 spiro atoms. The van der Waals surface area contributed by atoms with Gasteiger partial charge in [-0.1, -0.05) is 36.8 Å². The van der Waals surface area contributed by atoms with E-state index in [2.05, 4.69) is 0 Å². The first-order valence-electron chi connectivity index (χ1n) is 8.51. The Kier molecular flexibility index (Phi) is 5.36. The highest BCUT2D eigenvalue weighted by Crippen LogP contribution is 2.21. The molecule has 1 saturated carbocycles. The van der Waals surface area contributed by atoms with Gasteiger partial charge in [0.05, 0.1) is 5.56 Å². The van der Waals surface area contributed by atoms with E-state index in [4.69, 9.17) is 4.74 Å². The molecule has 4 heteroatoms. The van der Waals surface area contributed by atoms with E-state index in [1.807, 2.05) is 18.2 Å². The highest BCUT2D eigenvalue weighted by atomic mass is 16.5. The van der Waals surface area contributed by atoms with Crippen LogP contribution in [0.3, 0.4) is 0 Å². The fourth-order valence-electron chi connectivity index (χ4n) is 2.98. The Balaban J connectivity index is 1.58. The minimum absolute atomic E-state index is 0.0399. The summed E-state index contributed by atoms with van der Waals surface area (Å²) in [5.74, 6) is -0.235. The molecule has 1 heterocycles. The highest BCUT2D eigenvalue weighted by Gasteiger charge is 2.19. The number of benzene rings is 1. The number of aromatic nitrogens is 1. The fraction of sp³-hybridized carbons (Fsp3) is 0.350. The summed E-state index contributed by atoms with van der Waals surface area (Å²) in [6.45, 7) is 0.252. The summed E-state index contributed by atoms with van der Waals surface area (Å²) >= 11 is 0. The van der Waals surface area contributed by atoms with Gasteiger partial charge in [0.15, 0.2) is 12.4 Å². The molecule has 0 aliphatic heterocycles. The van der Waals surface area contributed by atoms with E-state index in [1.54, 1.807) is 41.2 Å². The lowest BCUT2D eigenvalue weighted by Gasteiger charge is -2.21. The van der Waals surface area contributed by atoms with Gasteiger partial charge in [0, 0.05) is 17.7 Å². The second-order valence-corrected chi connectivity index (χ2v) is 6.21. The Hall–Kier alpha value is -2.49. The third kappa shape index (κ3) is 4.28. The zero-order valence-corrected chi connectivity index (χ0v) is 13.7. The lowest BCUT2D eigenvalue weighted by atomic mass is 9.98. The van der Waals surface area contributed by atoms with Crippen LogP contribution in [0.4, 0.5) is 0 Å². The number of ether oxygens (including phenoxy) is 1. The van der Waals surface area contributed by atoms with Gasteiger partial charge in [0.25, 0.3) is 0 Å². The lowest BCUT2D eigenvalue weighted by Crippen LogP contribution is -2.37. The normalized spacial score (nSPS) is 15.0. The molecule has 3 rings (SSSR count). The minimum Gasteiger partial charge on any atom is -0.459 e. The molecule has 2 aromatic rings. The maximum absolute atomic E-state index is 12.2. The van der Waals surface area contributed by atoms with Gasteiger partial charge in [-0.15, -0.1) is 0 Å². The van der Waals surface area contributed by atoms with Gasteiger partial charge in [-0.2, -0.15) is 4.57 Å². The van der Waals surface area contributed by atoms with Gasteiger partial charge < -0.3 is 4.74 Å². The van der Waals surface area contributed by atoms with Gasteiger partial charge in [0.1, 0.15) is 6.10 Å². The Morgan fingerprint density at radius 2 is 1.58 bits per heavy atom. The number of rotatable bonds is 5. The topological polar surface area (TPSA) is 47.2 Å². The number of hydrogen-bond acceptors (Lipinski definition) is 3. The van der Waals surface area contributed by atoms with Crippen molar-refractivity contribution >= 4 is 11.8 Å². The number of esters is 1. The third-order valence-corrected chi connectivity index (χ3v) is 4.37. The van der Waals surface area contributed by atoms with Gasteiger partial charge in [-0.3, -0.25) is 4.79 Å². The predicted octanol–water partition coefficient (Wildman–Crippen LogP) is 3.35. The summed E-state index contributed by atoms with van der Waals surface area (Å²) in [4.78, 5) is 24.4. The standard InChI is InChI=1S/C20H22NO3/c22-19(16-7-3-1-4-8-16)15-21-13-11-17(12-14-21)20(23)24-18-9-5-2-6-10-18/h1,3-4,7-8,11-14,18H,2,5-6,9-10,15H2/q+1. The minimum atomic E-state index is -0.275. The van der Waals surface area contributed by atoms with Gasteiger partial charge in [-0.05, 0) is 25.7 Å². The van der Waals surface area contributed by atoms with Gasteiger partial charge in [0.2, 0.25) is 12.3 Å². The molecule has 24 heavy (non-hydrogen) atoms. The van der Waals surface area contributed by atoms with Crippen LogP contribution in [0.15, 0.2) is 54.9 Å². The number of nitrogens with zero attached hydrogens (tertiary/aromatic N) is 1. The van der Waals surface area contributed by atoms with E-state index in [0.717, 1.165) is 25.7 Å². The van der Waals surface area contributed by atoms with Crippen LogP contribution < -0.4 is 4.57 Å². The van der Waals surface area contributed by atoms with E-state index in [0.29, 0.717) is 11.1 Å². The molecule has 1 aromatic carbocycles. The highest BCUT2D eigenvalue weighted by molar-refractivity contribution is 5.95. The number of pyridine rings is 1. The summed E-state index contributed by atoms with van der Waals surface area (Å²) < 4.78 is 7.32. The number of hydrogen-bond donors (Lipinski definition) is 0. The quantitative estimate of drug-likeness (QED) is 0.481. The van der Waals surface area contributed by atoms with Crippen molar-refractivity contribution < 1.29 is 18.9 Å². The van der Waals surface area contributed by atoms with Crippen LogP contribution in [0, 0.1) is 0 Å². The van der Waals surface area contributed by atoms with Crippen LogP contribution in [0.5, 0.6) is 0 Å². The van der Waals surface area contributed by atoms with Crippen molar-refractivity contribution in [2.24, 2.45) is 0 Å². The smallest absolute Gasteiger partial charge is 0.338 e. The first kappa shape index (κ1) is 16.4. The SMILES string of the molecule is O=C(C[n+]1ccc(C(=O)OC2CCCCC2)cc1)c1ccccc1. The molecule has 1 fully saturated rings. The van der Waals surface area contributed by atoms with Crippen LogP contribution >= 0.6 is 0 Å². The maximum atomic E-state index is 12.2. The second-order valence-electron chi connectivity index (χ2n) is 6.21. The van der Waals surface area contributed by atoms with Gasteiger partial charge >= 0.3 is 5.97 Å². The van der Waals surface area contributed by atoms with E-state index < -0.39 is 0 Å². The average Bonchev–Trinajstić information content (AvgIpc) is 2.64. The van der Waals surface area contributed by atoms with E-state index in [9.17, 15) is 9.59 Å². The first-order chi connectivity index (χ1) is 11.7. The predicted molar refractivity (Wildman–Crippen MR) is 89.7 cm³/mol. The molecular weight excluding hydrogens is 302 g/mol. The second kappa shape index (κ2) is 7.86. The van der Waals surface area contributed by atoms with E-state index in [-0.39, 0.29) is 24.4 Å². The molecule has 0 saturated heterocycles. The van der Waals surface area contributed by atoms with Crippen LogP contribution in [-0.4, -0.2) is 17.9 Å². The molecule has 0 radical (unpaired) electrons.